The fraction of sp³-hybridized carbons (Fsp3) is 0.538. The number of hydrogen-bond donors (Lipinski definition) is 1. The molecule has 0 aliphatic carbocycles. The van der Waals surface area contributed by atoms with Gasteiger partial charge in [-0.05, 0) is 32.1 Å². The van der Waals surface area contributed by atoms with E-state index in [2.05, 4.69) is 42.0 Å². The second kappa shape index (κ2) is 6.87. The standard InChI is InChI=1S/C13H20N4/c1-4-17(5-2)10-11(3)16-13-7-6-12(8-14)9-15-13/h6-7,9,11H,4-5,10H2,1-3H3,(H,15,16). The SMILES string of the molecule is CCN(CC)CC(C)Nc1ccc(C#N)cn1. The van der Waals surface area contributed by atoms with Crippen molar-refractivity contribution in [2.24, 2.45) is 0 Å². The number of aromatic nitrogens is 1. The molecule has 0 saturated carbocycles. The molecule has 0 radical (unpaired) electrons. The molecule has 1 aromatic rings. The highest BCUT2D eigenvalue weighted by atomic mass is 15.1. The first kappa shape index (κ1) is 13.5. The molecule has 0 spiro atoms. The van der Waals surface area contributed by atoms with E-state index < -0.39 is 0 Å². The minimum Gasteiger partial charge on any atom is -0.366 e. The minimum atomic E-state index is 0.343. The number of nitrogens with zero attached hydrogens (tertiary/aromatic N) is 3. The van der Waals surface area contributed by atoms with Crippen molar-refractivity contribution >= 4 is 5.82 Å². The second-order valence-corrected chi connectivity index (χ2v) is 4.08. The molecule has 4 heteroatoms. The van der Waals surface area contributed by atoms with Crippen molar-refractivity contribution in [2.45, 2.75) is 26.8 Å². The van der Waals surface area contributed by atoms with Crippen LogP contribution in [0.4, 0.5) is 5.82 Å². The van der Waals surface area contributed by atoms with Crippen molar-refractivity contribution in [1.82, 2.24) is 9.88 Å². The van der Waals surface area contributed by atoms with Crippen LogP contribution in [0.25, 0.3) is 0 Å². The molecule has 1 heterocycles. The van der Waals surface area contributed by atoms with Gasteiger partial charge in [0.2, 0.25) is 0 Å². The van der Waals surface area contributed by atoms with Crippen LogP contribution in [0.1, 0.15) is 26.3 Å². The van der Waals surface area contributed by atoms with Crippen LogP contribution < -0.4 is 5.32 Å². The van der Waals surface area contributed by atoms with Crippen LogP contribution in [-0.2, 0) is 0 Å². The van der Waals surface area contributed by atoms with Gasteiger partial charge in [0, 0.05) is 18.8 Å². The largest absolute Gasteiger partial charge is 0.366 e. The summed E-state index contributed by atoms with van der Waals surface area (Å²) in [6.07, 6.45) is 1.59. The molecule has 1 N–H and O–H groups in total. The molecule has 1 unspecified atom stereocenters. The van der Waals surface area contributed by atoms with Gasteiger partial charge >= 0.3 is 0 Å². The Hall–Kier alpha value is -1.60. The molecule has 92 valence electrons. The molecule has 0 saturated heterocycles. The topological polar surface area (TPSA) is 52.0 Å². The highest BCUT2D eigenvalue weighted by Crippen LogP contribution is 2.06. The Morgan fingerprint density at radius 2 is 2.12 bits per heavy atom. The van der Waals surface area contributed by atoms with Crippen molar-refractivity contribution in [3.05, 3.63) is 23.9 Å². The molecule has 0 aliphatic heterocycles. The predicted octanol–water partition coefficient (Wildman–Crippen LogP) is 2.10. The summed E-state index contributed by atoms with van der Waals surface area (Å²) in [6.45, 7) is 9.58. The van der Waals surface area contributed by atoms with Gasteiger partial charge in [0.25, 0.3) is 0 Å². The Balaban J connectivity index is 2.50. The van der Waals surface area contributed by atoms with Crippen LogP contribution in [0.15, 0.2) is 18.3 Å². The Kier molecular flexibility index (Phi) is 5.44. The van der Waals surface area contributed by atoms with Crippen LogP contribution in [0, 0.1) is 11.3 Å². The summed E-state index contributed by atoms with van der Waals surface area (Å²) in [5.74, 6) is 0.823. The van der Waals surface area contributed by atoms with E-state index in [4.69, 9.17) is 5.26 Å². The first-order valence-electron chi connectivity index (χ1n) is 6.04. The lowest BCUT2D eigenvalue weighted by Crippen LogP contribution is -2.34. The van der Waals surface area contributed by atoms with Gasteiger partial charge in [-0.2, -0.15) is 5.26 Å². The molecular weight excluding hydrogens is 212 g/mol. The van der Waals surface area contributed by atoms with Gasteiger partial charge in [0.1, 0.15) is 11.9 Å². The van der Waals surface area contributed by atoms with Crippen molar-refractivity contribution in [2.75, 3.05) is 25.0 Å². The fourth-order valence-corrected chi connectivity index (χ4v) is 1.71. The van der Waals surface area contributed by atoms with Crippen LogP contribution in [-0.4, -0.2) is 35.6 Å². The first-order valence-corrected chi connectivity index (χ1v) is 6.04. The zero-order valence-corrected chi connectivity index (χ0v) is 10.8. The molecule has 1 rings (SSSR count). The van der Waals surface area contributed by atoms with E-state index in [9.17, 15) is 0 Å². The molecule has 0 fully saturated rings. The smallest absolute Gasteiger partial charge is 0.126 e. The molecule has 0 aliphatic rings. The number of rotatable bonds is 6. The van der Waals surface area contributed by atoms with Gasteiger partial charge in [-0.1, -0.05) is 13.8 Å². The number of nitriles is 1. The van der Waals surface area contributed by atoms with E-state index in [0.717, 1.165) is 25.5 Å². The maximum atomic E-state index is 8.68. The van der Waals surface area contributed by atoms with E-state index in [1.54, 1.807) is 12.3 Å². The van der Waals surface area contributed by atoms with Gasteiger partial charge in [-0.3, -0.25) is 0 Å². The molecule has 0 aromatic carbocycles. The van der Waals surface area contributed by atoms with Gasteiger partial charge in [0.05, 0.1) is 5.56 Å². The number of likely N-dealkylation sites (N-methyl/N-ethyl adjacent to an activating group) is 1. The molecule has 4 nitrogen and oxygen atoms in total. The summed E-state index contributed by atoms with van der Waals surface area (Å²) in [6, 6.07) is 6.02. The summed E-state index contributed by atoms with van der Waals surface area (Å²) in [7, 11) is 0. The molecule has 1 aromatic heterocycles. The molecule has 0 amide bonds. The van der Waals surface area contributed by atoms with E-state index in [1.165, 1.54) is 0 Å². The fourth-order valence-electron chi connectivity index (χ4n) is 1.71. The summed E-state index contributed by atoms with van der Waals surface area (Å²) >= 11 is 0. The number of hydrogen-bond acceptors (Lipinski definition) is 4. The van der Waals surface area contributed by atoms with Gasteiger partial charge in [-0.15, -0.1) is 0 Å². The quantitative estimate of drug-likeness (QED) is 0.816. The lowest BCUT2D eigenvalue weighted by atomic mass is 10.2. The lowest BCUT2D eigenvalue weighted by Gasteiger charge is -2.23. The van der Waals surface area contributed by atoms with Crippen molar-refractivity contribution < 1.29 is 0 Å². The van der Waals surface area contributed by atoms with E-state index in [1.807, 2.05) is 6.07 Å². The predicted molar refractivity (Wildman–Crippen MR) is 69.8 cm³/mol. The molecule has 1 atom stereocenters. The Bertz CT molecular complexity index is 362. The number of anilines is 1. The number of nitrogens with one attached hydrogen (secondary N) is 1. The van der Waals surface area contributed by atoms with E-state index in [0.29, 0.717) is 11.6 Å². The Labute approximate surface area is 103 Å². The van der Waals surface area contributed by atoms with Crippen LogP contribution in [0.2, 0.25) is 0 Å². The maximum absolute atomic E-state index is 8.68. The zero-order chi connectivity index (χ0) is 12.7. The van der Waals surface area contributed by atoms with Crippen LogP contribution in [0.3, 0.4) is 0 Å². The summed E-state index contributed by atoms with van der Waals surface area (Å²) < 4.78 is 0. The van der Waals surface area contributed by atoms with Crippen molar-refractivity contribution in [3.8, 4) is 6.07 Å². The van der Waals surface area contributed by atoms with Gasteiger partial charge < -0.3 is 10.2 Å². The lowest BCUT2D eigenvalue weighted by molar-refractivity contribution is 0.294. The normalized spacial score (nSPS) is 12.2. The summed E-state index contributed by atoms with van der Waals surface area (Å²) in [4.78, 5) is 6.56. The molecular formula is C13H20N4. The summed E-state index contributed by atoms with van der Waals surface area (Å²) in [5.41, 5.74) is 0.590. The van der Waals surface area contributed by atoms with Gasteiger partial charge in [0.15, 0.2) is 0 Å². The Morgan fingerprint density at radius 3 is 2.59 bits per heavy atom. The van der Waals surface area contributed by atoms with Crippen LogP contribution in [0.5, 0.6) is 0 Å². The second-order valence-electron chi connectivity index (χ2n) is 4.08. The third-order valence-electron chi connectivity index (χ3n) is 2.71. The van der Waals surface area contributed by atoms with Gasteiger partial charge in [-0.25, -0.2) is 4.98 Å². The van der Waals surface area contributed by atoms with Crippen molar-refractivity contribution in [3.63, 3.8) is 0 Å². The third kappa shape index (κ3) is 4.41. The van der Waals surface area contributed by atoms with E-state index >= 15 is 0 Å². The maximum Gasteiger partial charge on any atom is 0.126 e. The van der Waals surface area contributed by atoms with Crippen LogP contribution >= 0.6 is 0 Å². The monoisotopic (exact) mass is 232 g/mol. The molecule has 17 heavy (non-hydrogen) atoms. The third-order valence-corrected chi connectivity index (χ3v) is 2.71. The van der Waals surface area contributed by atoms with Crippen molar-refractivity contribution in [1.29, 1.82) is 5.26 Å². The minimum absolute atomic E-state index is 0.343. The zero-order valence-electron chi connectivity index (χ0n) is 10.8. The highest BCUT2D eigenvalue weighted by Gasteiger charge is 2.07. The Morgan fingerprint density at radius 1 is 1.41 bits per heavy atom. The highest BCUT2D eigenvalue weighted by molar-refractivity contribution is 5.39. The molecule has 0 bridgehead atoms. The van der Waals surface area contributed by atoms with E-state index in [-0.39, 0.29) is 0 Å². The average Bonchev–Trinajstić information content (AvgIpc) is 2.37. The average molecular weight is 232 g/mol. The number of pyridine rings is 1. The summed E-state index contributed by atoms with van der Waals surface area (Å²) in [5, 5.41) is 12.0. The first-order chi connectivity index (χ1) is 8.19.